The minimum Gasteiger partial charge on any atom is -0.293 e. The van der Waals surface area contributed by atoms with Crippen molar-refractivity contribution in [1.29, 1.82) is 0 Å². The van der Waals surface area contributed by atoms with Crippen LogP contribution in [0.25, 0.3) is 0 Å². The number of nitrogens with zero attached hydrogens (tertiary/aromatic N) is 2. The molecule has 3 heteroatoms. The number of benzene rings is 2. The van der Waals surface area contributed by atoms with Gasteiger partial charge in [-0.25, -0.2) is 0 Å². The summed E-state index contributed by atoms with van der Waals surface area (Å²) in [5.41, 5.74) is 3.03. The molecule has 0 fully saturated rings. The summed E-state index contributed by atoms with van der Waals surface area (Å²) in [7, 11) is 0. The van der Waals surface area contributed by atoms with Gasteiger partial charge in [0.05, 0.1) is 13.1 Å². The SMILES string of the molecule is CCC/C(=N\N(Cc1ccccc1)Cc1ccccc1)C(C)=O. The summed E-state index contributed by atoms with van der Waals surface area (Å²) in [6, 6.07) is 20.5. The van der Waals surface area contributed by atoms with E-state index in [9.17, 15) is 4.79 Å². The first kappa shape index (κ1) is 16.9. The number of carbonyl (C=O) groups excluding carboxylic acids is 1. The number of rotatable bonds is 8. The molecule has 2 rings (SSSR count). The molecule has 23 heavy (non-hydrogen) atoms. The van der Waals surface area contributed by atoms with Gasteiger partial charge in [-0.15, -0.1) is 0 Å². The van der Waals surface area contributed by atoms with Crippen LogP contribution >= 0.6 is 0 Å². The van der Waals surface area contributed by atoms with Crippen LogP contribution in [-0.2, 0) is 17.9 Å². The molecule has 0 atom stereocenters. The van der Waals surface area contributed by atoms with E-state index in [1.807, 2.05) is 41.4 Å². The van der Waals surface area contributed by atoms with Crippen molar-refractivity contribution in [1.82, 2.24) is 5.01 Å². The molecule has 0 aliphatic carbocycles. The second kappa shape index (κ2) is 8.89. The Bertz CT molecular complexity index is 594. The summed E-state index contributed by atoms with van der Waals surface area (Å²) in [6.07, 6.45) is 1.64. The van der Waals surface area contributed by atoms with Crippen LogP contribution in [0.1, 0.15) is 37.8 Å². The molecule has 0 spiro atoms. The van der Waals surface area contributed by atoms with Crippen LogP contribution in [0, 0.1) is 0 Å². The number of hydrogen-bond acceptors (Lipinski definition) is 3. The van der Waals surface area contributed by atoms with Gasteiger partial charge in [0.1, 0.15) is 5.71 Å². The van der Waals surface area contributed by atoms with Crippen molar-refractivity contribution in [2.24, 2.45) is 5.10 Å². The molecule has 0 unspecified atom stereocenters. The van der Waals surface area contributed by atoms with Gasteiger partial charge >= 0.3 is 0 Å². The Morgan fingerprint density at radius 2 is 1.39 bits per heavy atom. The van der Waals surface area contributed by atoms with Crippen molar-refractivity contribution in [2.75, 3.05) is 0 Å². The third-order valence-corrected chi connectivity index (χ3v) is 3.57. The maximum Gasteiger partial charge on any atom is 0.175 e. The van der Waals surface area contributed by atoms with Crippen LogP contribution in [0.2, 0.25) is 0 Å². The highest BCUT2D eigenvalue weighted by atomic mass is 16.1. The summed E-state index contributed by atoms with van der Waals surface area (Å²) in [6.45, 7) is 5.04. The molecule has 3 nitrogen and oxygen atoms in total. The molecule has 2 aromatic carbocycles. The molecule has 0 saturated carbocycles. The smallest absolute Gasteiger partial charge is 0.175 e. The molecule has 0 saturated heterocycles. The number of carbonyl (C=O) groups is 1. The summed E-state index contributed by atoms with van der Waals surface area (Å²) in [4.78, 5) is 11.8. The van der Waals surface area contributed by atoms with Gasteiger partial charge in [-0.05, 0) is 17.5 Å². The monoisotopic (exact) mass is 308 g/mol. The Morgan fingerprint density at radius 3 is 1.78 bits per heavy atom. The second-order valence-corrected chi connectivity index (χ2v) is 5.65. The van der Waals surface area contributed by atoms with Crippen LogP contribution in [-0.4, -0.2) is 16.5 Å². The van der Waals surface area contributed by atoms with Crippen LogP contribution in [0.5, 0.6) is 0 Å². The first-order chi connectivity index (χ1) is 11.2. The maximum atomic E-state index is 11.8. The lowest BCUT2D eigenvalue weighted by atomic mass is 10.1. The van der Waals surface area contributed by atoms with Crippen molar-refractivity contribution in [3.05, 3.63) is 71.8 Å². The Kier molecular flexibility index (Phi) is 6.55. The lowest BCUT2D eigenvalue weighted by Gasteiger charge is -2.21. The maximum absolute atomic E-state index is 11.8. The minimum absolute atomic E-state index is 0.0537. The van der Waals surface area contributed by atoms with Crippen molar-refractivity contribution in [3.63, 3.8) is 0 Å². The molecule has 0 bridgehead atoms. The van der Waals surface area contributed by atoms with Crippen LogP contribution in [0.3, 0.4) is 0 Å². The number of hydrazone groups is 1. The quantitative estimate of drug-likeness (QED) is 0.533. The zero-order valence-corrected chi connectivity index (χ0v) is 13.9. The highest BCUT2D eigenvalue weighted by Gasteiger charge is 2.10. The fourth-order valence-electron chi connectivity index (χ4n) is 2.42. The number of ketones is 1. The van der Waals surface area contributed by atoms with Crippen LogP contribution in [0.4, 0.5) is 0 Å². The van der Waals surface area contributed by atoms with Gasteiger partial charge in [0.15, 0.2) is 5.78 Å². The van der Waals surface area contributed by atoms with E-state index in [1.54, 1.807) is 6.92 Å². The van der Waals surface area contributed by atoms with Gasteiger partial charge in [0, 0.05) is 6.92 Å². The standard InChI is InChI=1S/C20H24N2O/c1-3-10-20(17(2)23)21-22(15-18-11-6-4-7-12-18)16-19-13-8-5-9-14-19/h4-9,11-14H,3,10,15-16H2,1-2H3/b21-20+. The minimum atomic E-state index is 0.0537. The van der Waals surface area contributed by atoms with Gasteiger partial charge in [-0.3, -0.25) is 9.80 Å². The molecule has 0 heterocycles. The molecule has 0 aromatic heterocycles. The molecule has 0 amide bonds. The van der Waals surface area contributed by atoms with Crippen molar-refractivity contribution in [2.45, 2.75) is 39.8 Å². The largest absolute Gasteiger partial charge is 0.293 e. The summed E-state index contributed by atoms with van der Waals surface area (Å²) in [5.74, 6) is 0.0537. The number of hydrogen-bond donors (Lipinski definition) is 0. The van der Waals surface area contributed by atoms with Crippen LogP contribution in [0.15, 0.2) is 65.8 Å². The Hall–Kier alpha value is -2.42. The predicted octanol–water partition coefficient (Wildman–Crippen LogP) is 4.43. The fourth-order valence-corrected chi connectivity index (χ4v) is 2.42. The molecule has 0 aliphatic heterocycles. The lowest BCUT2D eigenvalue weighted by molar-refractivity contribution is -0.111. The van der Waals surface area contributed by atoms with E-state index >= 15 is 0 Å². The highest BCUT2D eigenvalue weighted by Crippen LogP contribution is 2.11. The van der Waals surface area contributed by atoms with E-state index in [1.165, 1.54) is 11.1 Å². The van der Waals surface area contributed by atoms with Crippen molar-refractivity contribution < 1.29 is 4.79 Å². The van der Waals surface area contributed by atoms with Gasteiger partial charge in [-0.2, -0.15) is 5.10 Å². The van der Waals surface area contributed by atoms with Crippen LogP contribution < -0.4 is 0 Å². The molecule has 2 aromatic rings. The average molecular weight is 308 g/mol. The van der Waals surface area contributed by atoms with E-state index in [4.69, 9.17) is 0 Å². The van der Waals surface area contributed by atoms with E-state index < -0.39 is 0 Å². The highest BCUT2D eigenvalue weighted by molar-refractivity contribution is 6.38. The Morgan fingerprint density at radius 1 is 0.913 bits per heavy atom. The fraction of sp³-hybridized carbons (Fsp3) is 0.300. The van der Waals surface area contributed by atoms with Crippen molar-refractivity contribution in [3.8, 4) is 0 Å². The first-order valence-corrected chi connectivity index (χ1v) is 8.10. The van der Waals surface area contributed by atoms with E-state index in [0.29, 0.717) is 18.8 Å². The molecular formula is C20H24N2O. The number of Topliss-reactive ketones (excluding diaryl/α,β-unsaturated/α-hetero) is 1. The van der Waals surface area contributed by atoms with Gasteiger partial charge < -0.3 is 0 Å². The Balaban J connectivity index is 2.22. The van der Waals surface area contributed by atoms with Gasteiger partial charge in [-0.1, -0.05) is 74.0 Å². The van der Waals surface area contributed by atoms with Gasteiger partial charge in [0.2, 0.25) is 0 Å². The lowest BCUT2D eigenvalue weighted by Crippen LogP contribution is -2.22. The van der Waals surface area contributed by atoms with E-state index in [0.717, 1.165) is 12.8 Å². The average Bonchev–Trinajstić information content (AvgIpc) is 2.56. The Labute approximate surface area is 138 Å². The van der Waals surface area contributed by atoms with E-state index in [-0.39, 0.29) is 5.78 Å². The topological polar surface area (TPSA) is 32.7 Å². The zero-order chi connectivity index (χ0) is 16.5. The molecule has 120 valence electrons. The third kappa shape index (κ3) is 5.70. The zero-order valence-electron chi connectivity index (χ0n) is 13.9. The van der Waals surface area contributed by atoms with Gasteiger partial charge in [0.25, 0.3) is 0 Å². The summed E-state index contributed by atoms with van der Waals surface area (Å²) < 4.78 is 0. The van der Waals surface area contributed by atoms with Crippen molar-refractivity contribution >= 4 is 11.5 Å². The normalized spacial score (nSPS) is 11.3. The molecular weight excluding hydrogens is 284 g/mol. The van der Waals surface area contributed by atoms with E-state index in [2.05, 4.69) is 36.3 Å². The first-order valence-electron chi connectivity index (χ1n) is 8.10. The summed E-state index contributed by atoms with van der Waals surface area (Å²) >= 11 is 0. The predicted molar refractivity (Wildman–Crippen MR) is 95.2 cm³/mol. The molecule has 0 aliphatic rings. The second-order valence-electron chi connectivity index (χ2n) is 5.65. The molecule has 0 N–H and O–H groups in total. The molecule has 0 radical (unpaired) electrons. The third-order valence-electron chi connectivity index (χ3n) is 3.57. The summed E-state index contributed by atoms with van der Waals surface area (Å²) in [5, 5.41) is 6.64.